The van der Waals surface area contributed by atoms with Crippen molar-refractivity contribution < 1.29 is 0 Å². The van der Waals surface area contributed by atoms with E-state index >= 15 is 0 Å². The summed E-state index contributed by atoms with van der Waals surface area (Å²) in [5.74, 6) is 0.791. The van der Waals surface area contributed by atoms with Crippen molar-refractivity contribution in [3.63, 3.8) is 0 Å². The van der Waals surface area contributed by atoms with Crippen molar-refractivity contribution in [3.8, 4) is 0 Å². The van der Waals surface area contributed by atoms with Gasteiger partial charge in [0.2, 0.25) is 5.95 Å². The first-order chi connectivity index (χ1) is 10.2. The van der Waals surface area contributed by atoms with Crippen LogP contribution < -0.4 is 4.90 Å². The highest BCUT2D eigenvalue weighted by Gasteiger charge is 2.31. The number of thiol groups is 2. The van der Waals surface area contributed by atoms with E-state index in [-0.39, 0.29) is 0 Å². The average molecular weight is 325 g/mol. The summed E-state index contributed by atoms with van der Waals surface area (Å²) < 4.78 is 0. The predicted molar refractivity (Wildman–Crippen MR) is 90.6 cm³/mol. The molecule has 1 heterocycles. The second-order valence-electron chi connectivity index (χ2n) is 6.23. The minimum atomic E-state index is 0.474. The topological polar surface area (TPSA) is 41.9 Å². The van der Waals surface area contributed by atoms with Gasteiger partial charge in [-0.1, -0.05) is 38.5 Å². The summed E-state index contributed by atoms with van der Waals surface area (Å²) in [6.45, 7) is 0. The lowest BCUT2D eigenvalue weighted by Gasteiger charge is -2.41. The molecular formula is C15H24N4S2. The van der Waals surface area contributed by atoms with Crippen LogP contribution in [0.5, 0.6) is 0 Å². The highest BCUT2D eigenvalue weighted by Crippen LogP contribution is 2.33. The molecule has 21 heavy (non-hydrogen) atoms. The Hall–Kier alpha value is -0.490. The molecule has 0 aliphatic heterocycles. The van der Waals surface area contributed by atoms with Crippen LogP contribution in [0.25, 0.3) is 0 Å². The fourth-order valence-electron chi connectivity index (χ4n) is 3.80. The summed E-state index contributed by atoms with van der Waals surface area (Å²) in [6, 6.07) is 1.15. The van der Waals surface area contributed by atoms with Crippen LogP contribution in [0.4, 0.5) is 5.95 Å². The van der Waals surface area contributed by atoms with Gasteiger partial charge in [0.25, 0.3) is 0 Å². The molecule has 2 aliphatic rings. The van der Waals surface area contributed by atoms with E-state index in [1.165, 1.54) is 64.2 Å². The lowest BCUT2D eigenvalue weighted by atomic mass is 9.89. The number of rotatable bonds is 3. The molecule has 4 nitrogen and oxygen atoms in total. The molecule has 0 atom stereocenters. The molecule has 0 radical (unpaired) electrons. The van der Waals surface area contributed by atoms with Gasteiger partial charge in [0.05, 0.1) is 0 Å². The first kappa shape index (κ1) is 15.4. The lowest BCUT2D eigenvalue weighted by molar-refractivity contribution is 0.334. The van der Waals surface area contributed by atoms with Crippen LogP contribution in [0.15, 0.2) is 10.3 Å². The lowest BCUT2D eigenvalue weighted by Crippen LogP contribution is -2.46. The molecule has 0 N–H and O–H groups in total. The Morgan fingerprint density at radius 2 is 1.10 bits per heavy atom. The van der Waals surface area contributed by atoms with Crippen molar-refractivity contribution in [3.05, 3.63) is 0 Å². The van der Waals surface area contributed by atoms with Crippen LogP contribution in [0, 0.1) is 0 Å². The number of hydrogen-bond donors (Lipinski definition) is 2. The van der Waals surface area contributed by atoms with Crippen LogP contribution in [-0.2, 0) is 0 Å². The molecular weight excluding hydrogens is 300 g/mol. The Balaban J connectivity index is 1.89. The largest absolute Gasteiger partial charge is 0.335 e. The van der Waals surface area contributed by atoms with Gasteiger partial charge in [-0.15, -0.1) is 25.3 Å². The molecule has 0 saturated heterocycles. The van der Waals surface area contributed by atoms with Gasteiger partial charge in [-0.25, -0.2) is 0 Å². The molecule has 0 unspecified atom stereocenters. The van der Waals surface area contributed by atoms with Gasteiger partial charge in [0.15, 0.2) is 10.3 Å². The third-order valence-corrected chi connectivity index (χ3v) is 5.17. The Morgan fingerprint density at radius 1 is 0.667 bits per heavy atom. The minimum Gasteiger partial charge on any atom is -0.335 e. The quantitative estimate of drug-likeness (QED) is 0.827. The maximum atomic E-state index is 4.50. The average Bonchev–Trinajstić information content (AvgIpc) is 2.49. The molecule has 0 aromatic carbocycles. The van der Waals surface area contributed by atoms with Gasteiger partial charge in [-0.05, 0) is 25.7 Å². The normalized spacial score (nSPS) is 21.4. The van der Waals surface area contributed by atoms with E-state index in [0.29, 0.717) is 22.4 Å². The molecule has 116 valence electrons. The number of nitrogens with zero attached hydrogens (tertiary/aromatic N) is 4. The number of aromatic nitrogens is 3. The Bertz CT molecular complexity index is 432. The Kier molecular flexibility index (Phi) is 5.27. The van der Waals surface area contributed by atoms with Crippen molar-refractivity contribution in [1.29, 1.82) is 0 Å². The number of hydrogen-bond acceptors (Lipinski definition) is 6. The van der Waals surface area contributed by atoms with E-state index < -0.39 is 0 Å². The summed E-state index contributed by atoms with van der Waals surface area (Å²) in [5, 5.41) is 0.947. The number of anilines is 1. The predicted octanol–water partition coefficient (Wildman–Crippen LogP) is 3.92. The van der Waals surface area contributed by atoms with E-state index in [2.05, 4.69) is 45.1 Å². The fourth-order valence-corrected chi connectivity index (χ4v) is 4.25. The van der Waals surface area contributed by atoms with E-state index in [4.69, 9.17) is 0 Å². The maximum Gasteiger partial charge on any atom is 0.230 e. The molecule has 2 fully saturated rings. The summed E-state index contributed by atoms with van der Waals surface area (Å²) in [6.07, 6.45) is 13.0. The SMILES string of the molecule is Sc1nc(S)nc(N(C2CCCCC2)C2CCCCC2)n1. The van der Waals surface area contributed by atoms with E-state index in [9.17, 15) is 0 Å². The van der Waals surface area contributed by atoms with Crippen molar-refractivity contribution >= 4 is 31.2 Å². The molecule has 6 heteroatoms. The van der Waals surface area contributed by atoms with Crippen molar-refractivity contribution in [1.82, 2.24) is 15.0 Å². The highest BCUT2D eigenvalue weighted by molar-refractivity contribution is 7.80. The van der Waals surface area contributed by atoms with E-state index in [0.717, 1.165) is 5.95 Å². The minimum absolute atomic E-state index is 0.474. The van der Waals surface area contributed by atoms with Gasteiger partial charge in [0.1, 0.15) is 0 Å². The summed E-state index contributed by atoms with van der Waals surface area (Å²) in [7, 11) is 0. The van der Waals surface area contributed by atoms with Crippen molar-refractivity contribution in [2.75, 3.05) is 4.90 Å². The van der Waals surface area contributed by atoms with Crippen LogP contribution in [0.2, 0.25) is 0 Å². The molecule has 1 aromatic heterocycles. The molecule has 0 amide bonds. The Morgan fingerprint density at radius 3 is 1.52 bits per heavy atom. The highest BCUT2D eigenvalue weighted by atomic mass is 32.1. The van der Waals surface area contributed by atoms with Crippen molar-refractivity contribution in [2.45, 2.75) is 86.6 Å². The standard InChI is InChI=1S/C15H24N4S2/c20-14-16-13(17-15(21)18-14)19(11-7-3-1-4-8-11)12-9-5-2-6-10-12/h11-12H,1-10H2,(H2,16,17,18,20,21). The summed E-state index contributed by atoms with van der Waals surface area (Å²) in [4.78, 5) is 15.6. The fraction of sp³-hybridized carbons (Fsp3) is 0.800. The first-order valence-corrected chi connectivity index (χ1v) is 9.06. The molecule has 2 saturated carbocycles. The van der Waals surface area contributed by atoms with Gasteiger partial charge < -0.3 is 4.90 Å². The van der Waals surface area contributed by atoms with E-state index in [1.807, 2.05) is 0 Å². The van der Waals surface area contributed by atoms with Crippen LogP contribution >= 0.6 is 25.3 Å². The second kappa shape index (κ2) is 7.18. The Labute approximate surface area is 138 Å². The second-order valence-corrected chi connectivity index (χ2v) is 7.03. The third-order valence-electron chi connectivity index (χ3n) is 4.77. The molecule has 0 spiro atoms. The smallest absolute Gasteiger partial charge is 0.230 e. The van der Waals surface area contributed by atoms with Crippen molar-refractivity contribution in [2.24, 2.45) is 0 Å². The summed E-state index contributed by atoms with van der Waals surface area (Å²) >= 11 is 8.62. The molecule has 3 rings (SSSR count). The van der Waals surface area contributed by atoms with Crippen LogP contribution in [0.1, 0.15) is 64.2 Å². The summed E-state index contributed by atoms with van der Waals surface area (Å²) in [5.41, 5.74) is 0. The van der Waals surface area contributed by atoms with Gasteiger partial charge in [-0.2, -0.15) is 15.0 Å². The molecule has 1 aromatic rings. The monoisotopic (exact) mass is 324 g/mol. The van der Waals surface area contributed by atoms with Gasteiger partial charge >= 0.3 is 0 Å². The zero-order valence-electron chi connectivity index (χ0n) is 12.4. The zero-order valence-corrected chi connectivity index (χ0v) is 14.2. The van der Waals surface area contributed by atoms with E-state index in [1.54, 1.807) is 0 Å². The molecule has 2 aliphatic carbocycles. The van der Waals surface area contributed by atoms with Gasteiger partial charge in [0, 0.05) is 12.1 Å². The van der Waals surface area contributed by atoms with Crippen LogP contribution in [-0.4, -0.2) is 27.0 Å². The van der Waals surface area contributed by atoms with Crippen LogP contribution in [0.3, 0.4) is 0 Å². The van der Waals surface area contributed by atoms with Gasteiger partial charge in [-0.3, -0.25) is 0 Å². The first-order valence-electron chi connectivity index (χ1n) is 8.16. The third kappa shape index (κ3) is 3.83. The maximum absolute atomic E-state index is 4.50. The zero-order chi connectivity index (χ0) is 14.7. The molecule has 0 bridgehead atoms.